The van der Waals surface area contributed by atoms with Crippen molar-refractivity contribution in [2.75, 3.05) is 25.5 Å². The Hall–Kier alpha value is -3.00. The van der Waals surface area contributed by atoms with E-state index in [1.807, 2.05) is 22.7 Å². The number of hydrogen-bond acceptors (Lipinski definition) is 6. The summed E-state index contributed by atoms with van der Waals surface area (Å²) in [6.07, 6.45) is 6.27. The molecule has 1 aliphatic heterocycles. The molecule has 146 valence electrons. The SMILES string of the molecule is CNC(=O)c1ccc(Nc2nc3ccnc(CCC4CCNCC4)n3n2)cc1. The van der Waals surface area contributed by atoms with Crippen molar-refractivity contribution in [3.8, 4) is 0 Å². The molecule has 28 heavy (non-hydrogen) atoms. The number of benzene rings is 1. The normalized spacial score (nSPS) is 14.9. The van der Waals surface area contributed by atoms with Gasteiger partial charge in [0.15, 0.2) is 5.65 Å². The lowest BCUT2D eigenvalue weighted by Gasteiger charge is -2.22. The van der Waals surface area contributed by atoms with E-state index in [1.165, 1.54) is 12.8 Å². The number of rotatable bonds is 6. The number of nitrogens with zero attached hydrogens (tertiary/aromatic N) is 4. The van der Waals surface area contributed by atoms with Crippen LogP contribution in [0.3, 0.4) is 0 Å². The molecule has 3 heterocycles. The van der Waals surface area contributed by atoms with E-state index in [2.05, 4.69) is 31.0 Å². The Morgan fingerprint density at radius 1 is 1.21 bits per heavy atom. The topological polar surface area (TPSA) is 96.2 Å². The van der Waals surface area contributed by atoms with Gasteiger partial charge in [-0.3, -0.25) is 4.79 Å². The lowest BCUT2D eigenvalue weighted by atomic mass is 9.93. The Balaban J connectivity index is 1.47. The summed E-state index contributed by atoms with van der Waals surface area (Å²) in [7, 11) is 1.62. The molecular weight excluding hydrogens is 354 g/mol. The minimum Gasteiger partial charge on any atom is -0.355 e. The number of aromatic nitrogens is 4. The first-order valence-electron chi connectivity index (χ1n) is 9.73. The zero-order valence-corrected chi connectivity index (χ0v) is 16.0. The van der Waals surface area contributed by atoms with Gasteiger partial charge in [0.1, 0.15) is 5.82 Å². The minimum atomic E-state index is -0.109. The van der Waals surface area contributed by atoms with Crippen LogP contribution in [-0.2, 0) is 6.42 Å². The van der Waals surface area contributed by atoms with Gasteiger partial charge in [-0.1, -0.05) is 0 Å². The number of hydrogen-bond donors (Lipinski definition) is 3. The fraction of sp³-hybridized carbons (Fsp3) is 0.400. The van der Waals surface area contributed by atoms with Crippen molar-refractivity contribution < 1.29 is 4.79 Å². The largest absolute Gasteiger partial charge is 0.355 e. The molecule has 2 aromatic heterocycles. The standard InChI is InChI=1S/C20H25N7O/c1-21-19(28)15-3-5-16(6-4-15)24-20-25-18-10-13-23-17(27(18)26-20)7-2-14-8-11-22-12-9-14/h3-6,10,13-14,22H,2,7-9,11-12H2,1H3,(H,21,28)(H,24,26). The average Bonchev–Trinajstić information content (AvgIpc) is 3.16. The smallest absolute Gasteiger partial charge is 0.251 e. The van der Waals surface area contributed by atoms with Crippen molar-refractivity contribution in [3.05, 3.63) is 47.9 Å². The summed E-state index contributed by atoms with van der Waals surface area (Å²) >= 11 is 0. The van der Waals surface area contributed by atoms with Crippen LogP contribution in [0.4, 0.5) is 11.6 Å². The van der Waals surface area contributed by atoms with E-state index in [4.69, 9.17) is 0 Å². The maximum atomic E-state index is 11.6. The number of amides is 1. The number of piperidine rings is 1. The highest BCUT2D eigenvalue weighted by molar-refractivity contribution is 5.94. The van der Waals surface area contributed by atoms with Crippen LogP contribution in [0, 0.1) is 5.92 Å². The van der Waals surface area contributed by atoms with Gasteiger partial charge in [0.05, 0.1) is 0 Å². The van der Waals surface area contributed by atoms with Crippen molar-refractivity contribution >= 4 is 23.2 Å². The van der Waals surface area contributed by atoms with Gasteiger partial charge in [0.25, 0.3) is 5.91 Å². The van der Waals surface area contributed by atoms with Crippen molar-refractivity contribution in [2.24, 2.45) is 5.92 Å². The monoisotopic (exact) mass is 379 g/mol. The quantitative estimate of drug-likeness (QED) is 0.607. The lowest BCUT2D eigenvalue weighted by Crippen LogP contribution is -2.28. The molecule has 1 saturated heterocycles. The molecular formula is C20H25N7O. The fourth-order valence-electron chi connectivity index (χ4n) is 3.57. The molecule has 8 nitrogen and oxygen atoms in total. The number of aryl methyl sites for hydroxylation is 1. The van der Waals surface area contributed by atoms with E-state index < -0.39 is 0 Å². The van der Waals surface area contributed by atoms with E-state index in [0.717, 1.165) is 49.0 Å². The van der Waals surface area contributed by atoms with Crippen LogP contribution in [0.1, 0.15) is 35.4 Å². The number of nitrogens with one attached hydrogen (secondary N) is 3. The third-order valence-electron chi connectivity index (χ3n) is 5.19. The summed E-state index contributed by atoms with van der Waals surface area (Å²) in [4.78, 5) is 20.7. The van der Waals surface area contributed by atoms with Gasteiger partial charge in [-0.25, -0.2) is 4.98 Å². The Bertz CT molecular complexity index is 945. The third-order valence-corrected chi connectivity index (χ3v) is 5.19. The average molecular weight is 379 g/mol. The number of anilines is 2. The van der Waals surface area contributed by atoms with Crippen LogP contribution < -0.4 is 16.0 Å². The van der Waals surface area contributed by atoms with Gasteiger partial charge in [-0.15, -0.1) is 5.10 Å². The highest BCUT2D eigenvalue weighted by Gasteiger charge is 2.15. The number of carbonyl (C=O) groups is 1. The maximum absolute atomic E-state index is 11.6. The zero-order valence-electron chi connectivity index (χ0n) is 16.0. The second-order valence-electron chi connectivity index (χ2n) is 7.08. The second-order valence-corrected chi connectivity index (χ2v) is 7.08. The summed E-state index contributed by atoms with van der Waals surface area (Å²) in [6, 6.07) is 9.08. The zero-order chi connectivity index (χ0) is 19.3. The Morgan fingerprint density at radius 2 is 2.00 bits per heavy atom. The maximum Gasteiger partial charge on any atom is 0.251 e. The van der Waals surface area contributed by atoms with Gasteiger partial charge >= 0.3 is 0 Å². The summed E-state index contributed by atoms with van der Waals surface area (Å²) in [5.74, 6) is 2.09. The fourth-order valence-corrected chi connectivity index (χ4v) is 3.57. The minimum absolute atomic E-state index is 0.109. The van der Waals surface area contributed by atoms with Crippen LogP contribution in [0.5, 0.6) is 0 Å². The van der Waals surface area contributed by atoms with Crippen molar-refractivity contribution in [1.82, 2.24) is 30.2 Å². The predicted molar refractivity (Wildman–Crippen MR) is 108 cm³/mol. The van der Waals surface area contributed by atoms with Crippen molar-refractivity contribution in [1.29, 1.82) is 0 Å². The van der Waals surface area contributed by atoms with Crippen molar-refractivity contribution in [3.63, 3.8) is 0 Å². The summed E-state index contributed by atoms with van der Waals surface area (Å²) in [5, 5.41) is 13.8. The molecule has 8 heteroatoms. The van der Waals surface area contributed by atoms with Crippen LogP contribution >= 0.6 is 0 Å². The summed E-state index contributed by atoms with van der Waals surface area (Å²) in [5.41, 5.74) is 2.22. The number of carbonyl (C=O) groups excluding carboxylic acids is 1. The molecule has 1 aromatic carbocycles. The molecule has 1 fully saturated rings. The molecule has 1 aliphatic rings. The first kappa shape index (κ1) is 18.4. The van der Waals surface area contributed by atoms with Crippen LogP contribution in [0.25, 0.3) is 5.65 Å². The van der Waals surface area contributed by atoms with Gasteiger partial charge in [0.2, 0.25) is 5.95 Å². The molecule has 0 radical (unpaired) electrons. The summed E-state index contributed by atoms with van der Waals surface area (Å²) < 4.78 is 1.82. The molecule has 3 N–H and O–H groups in total. The van der Waals surface area contributed by atoms with E-state index in [0.29, 0.717) is 11.5 Å². The lowest BCUT2D eigenvalue weighted by molar-refractivity contribution is 0.0963. The molecule has 0 spiro atoms. The van der Waals surface area contributed by atoms with E-state index in [9.17, 15) is 4.79 Å². The molecule has 0 atom stereocenters. The predicted octanol–water partition coefficient (Wildman–Crippen LogP) is 2.16. The van der Waals surface area contributed by atoms with Crippen LogP contribution in [0.2, 0.25) is 0 Å². The van der Waals surface area contributed by atoms with E-state index in [-0.39, 0.29) is 5.91 Å². The van der Waals surface area contributed by atoms with Gasteiger partial charge < -0.3 is 16.0 Å². The molecule has 0 aliphatic carbocycles. The first-order chi connectivity index (χ1) is 13.7. The Labute approximate surface area is 163 Å². The Kier molecular flexibility index (Phi) is 5.48. The molecule has 0 unspecified atom stereocenters. The van der Waals surface area contributed by atoms with Gasteiger partial charge in [-0.2, -0.15) is 9.50 Å². The van der Waals surface area contributed by atoms with E-state index >= 15 is 0 Å². The second kappa shape index (κ2) is 8.35. The van der Waals surface area contributed by atoms with Crippen LogP contribution in [-0.4, -0.2) is 45.6 Å². The highest BCUT2D eigenvalue weighted by Crippen LogP contribution is 2.19. The molecule has 0 saturated carbocycles. The molecule has 4 rings (SSSR count). The van der Waals surface area contributed by atoms with Gasteiger partial charge in [0, 0.05) is 37.0 Å². The first-order valence-corrected chi connectivity index (χ1v) is 9.73. The summed E-state index contributed by atoms with van der Waals surface area (Å²) in [6.45, 7) is 2.22. The molecule has 3 aromatic rings. The van der Waals surface area contributed by atoms with E-state index in [1.54, 1.807) is 25.4 Å². The highest BCUT2D eigenvalue weighted by atomic mass is 16.1. The van der Waals surface area contributed by atoms with Crippen LogP contribution in [0.15, 0.2) is 36.5 Å². The Morgan fingerprint density at radius 3 is 2.75 bits per heavy atom. The van der Waals surface area contributed by atoms with Gasteiger partial charge in [-0.05, 0) is 62.5 Å². The van der Waals surface area contributed by atoms with Crippen molar-refractivity contribution in [2.45, 2.75) is 25.7 Å². The number of fused-ring (bicyclic) bond motifs is 1. The molecule has 1 amide bonds. The third kappa shape index (κ3) is 4.12. The molecule has 0 bridgehead atoms.